The first-order chi connectivity index (χ1) is 8.63. The van der Waals surface area contributed by atoms with E-state index in [9.17, 15) is 9.59 Å². The number of ether oxygens (including phenoxy) is 3. The van der Waals surface area contributed by atoms with Gasteiger partial charge in [-0.1, -0.05) is 6.92 Å². The molecule has 1 fully saturated rings. The second-order valence-corrected chi connectivity index (χ2v) is 4.33. The molecule has 0 aromatic heterocycles. The summed E-state index contributed by atoms with van der Waals surface area (Å²) in [6.07, 6.45) is 1.06. The molecule has 18 heavy (non-hydrogen) atoms. The fraction of sp³-hybridized carbons (Fsp3) is 0.846. The van der Waals surface area contributed by atoms with E-state index >= 15 is 0 Å². The SMILES string of the molecule is CCOC(=O)C(CC)(C(=O)OCC)C1CCOC1. The Balaban J connectivity index is 3.02. The molecule has 1 aliphatic heterocycles. The van der Waals surface area contributed by atoms with E-state index < -0.39 is 17.4 Å². The summed E-state index contributed by atoms with van der Waals surface area (Å²) in [5, 5.41) is 0. The number of carbonyl (C=O) groups is 2. The van der Waals surface area contributed by atoms with E-state index in [1.807, 2.05) is 6.92 Å². The van der Waals surface area contributed by atoms with Crippen LogP contribution in [0.4, 0.5) is 0 Å². The van der Waals surface area contributed by atoms with Crippen LogP contribution in [0.5, 0.6) is 0 Å². The number of hydrogen-bond donors (Lipinski definition) is 0. The highest BCUT2D eigenvalue weighted by Gasteiger charge is 2.54. The van der Waals surface area contributed by atoms with Gasteiger partial charge in [-0.3, -0.25) is 9.59 Å². The average molecular weight is 258 g/mol. The summed E-state index contributed by atoms with van der Waals surface area (Å²) in [7, 11) is 0. The van der Waals surface area contributed by atoms with Crippen molar-refractivity contribution in [2.45, 2.75) is 33.6 Å². The zero-order chi connectivity index (χ0) is 13.6. The minimum absolute atomic E-state index is 0.152. The van der Waals surface area contributed by atoms with E-state index in [4.69, 9.17) is 14.2 Å². The van der Waals surface area contributed by atoms with Crippen molar-refractivity contribution in [3.8, 4) is 0 Å². The first kappa shape index (κ1) is 15.0. The maximum atomic E-state index is 12.2. The fourth-order valence-electron chi connectivity index (χ4n) is 2.44. The van der Waals surface area contributed by atoms with E-state index in [2.05, 4.69) is 0 Å². The largest absolute Gasteiger partial charge is 0.465 e. The van der Waals surface area contributed by atoms with Crippen molar-refractivity contribution in [2.75, 3.05) is 26.4 Å². The molecule has 1 heterocycles. The molecule has 5 nitrogen and oxygen atoms in total. The highest BCUT2D eigenvalue weighted by molar-refractivity contribution is 6.00. The Labute approximate surface area is 108 Å². The van der Waals surface area contributed by atoms with E-state index in [0.29, 0.717) is 26.1 Å². The second kappa shape index (κ2) is 6.73. The molecule has 104 valence electrons. The minimum atomic E-state index is -1.21. The molecule has 0 bridgehead atoms. The summed E-state index contributed by atoms with van der Waals surface area (Å²) < 4.78 is 15.5. The van der Waals surface area contributed by atoms with Gasteiger partial charge in [-0.05, 0) is 26.7 Å². The van der Waals surface area contributed by atoms with Crippen LogP contribution in [0.1, 0.15) is 33.6 Å². The molecule has 0 aliphatic carbocycles. The third-order valence-corrected chi connectivity index (χ3v) is 3.46. The van der Waals surface area contributed by atoms with Gasteiger partial charge in [0.2, 0.25) is 0 Å². The molecule has 0 amide bonds. The Kier molecular flexibility index (Phi) is 5.59. The quantitative estimate of drug-likeness (QED) is 0.534. The normalized spacial score (nSPS) is 19.6. The summed E-state index contributed by atoms with van der Waals surface area (Å²) in [4.78, 5) is 24.4. The van der Waals surface area contributed by atoms with Gasteiger partial charge in [0.25, 0.3) is 0 Å². The molecule has 1 unspecified atom stereocenters. The van der Waals surface area contributed by atoms with Crippen molar-refractivity contribution < 1.29 is 23.8 Å². The summed E-state index contributed by atoms with van der Waals surface area (Å²) >= 11 is 0. The van der Waals surface area contributed by atoms with Crippen LogP contribution in [0.25, 0.3) is 0 Å². The summed E-state index contributed by atoms with van der Waals surface area (Å²) in [5.74, 6) is -1.12. The smallest absolute Gasteiger partial charge is 0.323 e. The van der Waals surface area contributed by atoms with Gasteiger partial charge in [0.05, 0.1) is 19.8 Å². The second-order valence-electron chi connectivity index (χ2n) is 4.33. The molecule has 1 atom stereocenters. The molecule has 0 aromatic rings. The lowest BCUT2D eigenvalue weighted by Gasteiger charge is -2.32. The molecule has 0 radical (unpaired) electrons. The molecule has 0 spiro atoms. The Morgan fingerprint density at radius 3 is 2.06 bits per heavy atom. The maximum Gasteiger partial charge on any atom is 0.323 e. The molecule has 0 saturated carbocycles. The van der Waals surface area contributed by atoms with Gasteiger partial charge < -0.3 is 14.2 Å². The number of hydrogen-bond acceptors (Lipinski definition) is 5. The van der Waals surface area contributed by atoms with Crippen LogP contribution in [0.15, 0.2) is 0 Å². The van der Waals surface area contributed by atoms with Gasteiger partial charge in [-0.15, -0.1) is 0 Å². The average Bonchev–Trinajstić information content (AvgIpc) is 2.85. The van der Waals surface area contributed by atoms with E-state index in [1.165, 1.54) is 0 Å². The molecule has 1 saturated heterocycles. The van der Waals surface area contributed by atoms with Gasteiger partial charge in [0, 0.05) is 12.5 Å². The van der Waals surface area contributed by atoms with Crippen molar-refractivity contribution in [1.82, 2.24) is 0 Å². The van der Waals surface area contributed by atoms with Crippen molar-refractivity contribution >= 4 is 11.9 Å². The van der Waals surface area contributed by atoms with E-state index in [0.717, 1.165) is 0 Å². The van der Waals surface area contributed by atoms with Gasteiger partial charge in [-0.25, -0.2) is 0 Å². The van der Waals surface area contributed by atoms with Gasteiger partial charge in [0.1, 0.15) is 0 Å². The zero-order valence-electron chi connectivity index (χ0n) is 11.4. The van der Waals surface area contributed by atoms with Crippen LogP contribution in [-0.2, 0) is 23.8 Å². The Bertz CT molecular complexity index is 276. The number of esters is 2. The van der Waals surface area contributed by atoms with Crippen LogP contribution in [0.2, 0.25) is 0 Å². The highest BCUT2D eigenvalue weighted by atomic mass is 16.6. The lowest BCUT2D eigenvalue weighted by atomic mass is 9.72. The van der Waals surface area contributed by atoms with Crippen molar-refractivity contribution in [1.29, 1.82) is 0 Å². The minimum Gasteiger partial charge on any atom is -0.465 e. The Morgan fingerprint density at radius 2 is 1.72 bits per heavy atom. The van der Waals surface area contributed by atoms with Crippen LogP contribution < -0.4 is 0 Å². The van der Waals surface area contributed by atoms with Crippen LogP contribution >= 0.6 is 0 Å². The zero-order valence-corrected chi connectivity index (χ0v) is 11.4. The van der Waals surface area contributed by atoms with Crippen molar-refractivity contribution in [3.63, 3.8) is 0 Å². The summed E-state index contributed by atoms with van der Waals surface area (Å²) in [6, 6.07) is 0. The molecular formula is C13H22O5. The third kappa shape index (κ3) is 2.66. The standard InChI is InChI=1S/C13H22O5/c1-4-13(11(14)17-5-2,12(15)18-6-3)10-7-8-16-9-10/h10H,4-9H2,1-3H3. The molecular weight excluding hydrogens is 236 g/mol. The molecule has 0 N–H and O–H groups in total. The maximum absolute atomic E-state index is 12.2. The van der Waals surface area contributed by atoms with Crippen LogP contribution in [0.3, 0.4) is 0 Å². The first-order valence-corrected chi connectivity index (χ1v) is 6.55. The molecule has 0 aromatic carbocycles. The lowest BCUT2D eigenvalue weighted by molar-refractivity contribution is -0.177. The molecule has 1 rings (SSSR count). The topological polar surface area (TPSA) is 61.8 Å². The van der Waals surface area contributed by atoms with Crippen molar-refractivity contribution in [3.05, 3.63) is 0 Å². The first-order valence-electron chi connectivity index (χ1n) is 6.55. The number of carbonyl (C=O) groups excluding carboxylic acids is 2. The summed E-state index contributed by atoms with van der Waals surface area (Å²) in [5.41, 5.74) is -1.21. The van der Waals surface area contributed by atoms with Gasteiger partial charge in [-0.2, -0.15) is 0 Å². The third-order valence-electron chi connectivity index (χ3n) is 3.46. The van der Waals surface area contributed by atoms with Gasteiger partial charge in [0.15, 0.2) is 5.41 Å². The van der Waals surface area contributed by atoms with E-state index in [1.54, 1.807) is 13.8 Å². The Hall–Kier alpha value is -1.10. The van der Waals surface area contributed by atoms with E-state index in [-0.39, 0.29) is 19.1 Å². The van der Waals surface area contributed by atoms with Crippen LogP contribution in [-0.4, -0.2) is 38.4 Å². The highest BCUT2D eigenvalue weighted by Crippen LogP contribution is 2.39. The Morgan fingerprint density at radius 1 is 1.17 bits per heavy atom. The molecule has 5 heteroatoms. The summed E-state index contributed by atoms with van der Waals surface area (Å²) in [6.45, 7) is 6.77. The van der Waals surface area contributed by atoms with Crippen molar-refractivity contribution in [2.24, 2.45) is 11.3 Å². The monoisotopic (exact) mass is 258 g/mol. The number of rotatable bonds is 6. The van der Waals surface area contributed by atoms with Gasteiger partial charge >= 0.3 is 11.9 Å². The molecule has 1 aliphatic rings. The lowest BCUT2D eigenvalue weighted by Crippen LogP contribution is -2.47. The fourth-order valence-corrected chi connectivity index (χ4v) is 2.44. The predicted octanol–water partition coefficient (Wildman–Crippen LogP) is 1.55. The van der Waals surface area contributed by atoms with Crippen LogP contribution in [0, 0.1) is 11.3 Å². The predicted molar refractivity (Wildman–Crippen MR) is 64.9 cm³/mol.